The molecule has 0 saturated heterocycles. The summed E-state index contributed by atoms with van der Waals surface area (Å²) in [5.74, 6) is 8.83. The summed E-state index contributed by atoms with van der Waals surface area (Å²) in [4.78, 5) is 0. The zero-order valence-corrected chi connectivity index (χ0v) is 17.7. The van der Waals surface area contributed by atoms with Crippen LogP contribution in [0.5, 0.6) is 0 Å². The second kappa shape index (κ2) is 12.0. The summed E-state index contributed by atoms with van der Waals surface area (Å²) in [5, 5.41) is 9.09. The highest BCUT2D eigenvalue weighted by atomic mass is 16.2. The van der Waals surface area contributed by atoms with E-state index in [2.05, 4.69) is 60.3 Å². The van der Waals surface area contributed by atoms with Crippen molar-refractivity contribution in [2.75, 3.05) is 6.61 Å². The van der Waals surface area contributed by atoms with E-state index in [-0.39, 0.29) is 10.8 Å². The molecule has 2 unspecified atom stereocenters. The standard InChI is InChI=1S/C23H44O/c1-8-9-10-13-22(6,18-20(2)3)15-16-23(7,19-21(4)5)14-11-12-17-24/h20-21,24H,8-14,17-19H2,1-7H3. The van der Waals surface area contributed by atoms with Crippen LogP contribution < -0.4 is 0 Å². The van der Waals surface area contributed by atoms with Crippen LogP contribution in [0.3, 0.4) is 0 Å². The predicted molar refractivity (Wildman–Crippen MR) is 108 cm³/mol. The molecule has 1 heteroatoms. The molecule has 0 aromatic carbocycles. The van der Waals surface area contributed by atoms with Crippen molar-refractivity contribution >= 4 is 0 Å². The van der Waals surface area contributed by atoms with Crippen LogP contribution in [0.25, 0.3) is 0 Å². The van der Waals surface area contributed by atoms with Crippen molar-refractivity contribution in [2.45, 2.75) is 106 Å². The van der Waals surface area contributed by atoms with Crippen LogP contribution in [-0.4, -0.2) is 11.7 Å². The van der Waals surface area contributed by atoms with Gasteiger partial charge in [-0.25, -0.2) is 0 Å². The number of rotatable bonds is 12. The Balaban J connectivity index is 5.19. The van der Waals surface area contributed by atoms with E-state index in [0.29, 0.717) is 18.4 Å². The van der Waals surface area contributed by atoms with Gasteiger partial charge in [0.05, 0.1) is 0 Å². The first kappa shape index (κ1) is 23.5. The molecule has 0 aromatic heterocycles. The summed E-state index contributed by atoms with van der Waals surface area (Å²) in [7, 11) is 0. The van der Waals surface area contributed by atoms with Gasteiger partial charge in [-0.05, 0) is 64.2 Å². The van der Waals surface area contributed by atoms with Gasteiger partial charge in [0.15, 0.2) is 0 Å². The van der Waals surface area contributed by atoms with Crippen molar-refractivity contribution in [3.05, 3.63) is 0 Å². The zero-order chi connectivity index (χ0) is 18.6. The molecule has 142 valence electrons. The van der Waals surface area contributed by atoms with Crippen LogP contribution in [0.2, 0.25) is 0 Å². The topological polar surface area (TPSA) is 20.2 Å². The SMILES string of the molecule is CCCCCC(C)(C#CC(C)(CCCCO)CC(C)C)CC(C)C. The first-order valence-corrected chi connectivity index (χ1v) is 10.3. The third kappa shape index (κ3) is 11.1. The maximum Gasteiger partial charge on any atom is 0.0431 e. The fourth-order valence-electron chi connectivity index (χ4n) is 3.93. The fourth-order valence-corrected chi connectivity index (χ4v) is 3.93. The minimum atomic E-state index is 0.0896. The van der Waals surface area contributed by atoms with E-state index in [1.807, 2.05) is 0 Å². The molecule has 0 heterocycles. The molecule has 0 rings (SSSR count). The lowest BCUT2D eigenvalue weighted by Gasteiger charge is -2.29. The van der Waals surface area contributed by atoms with E-state index >= 15 is 0 Å². The molecule has 1 N–H and O–H groups in total. The number of unbranched alkanes of at least 4 members (excludes halogenated alkanes) is 3. The van der Waals surface area contributed by atoms with Gasteiger partial charge in [0.2, 0.25) is 0 Å². The second-order valence-corrected chi connectivity index (χ2v) is 9.21. The van der Waals surface area contributed by atoms with Crippen LogP contribution >= 0.6 is 0 Å². The monoisotopic (exact) mass is 336 g/mol. The van der Waals surface area contributed by atoms with Crippen LogP contribution in [0, 0.1) is 34.5 Å². The van der Waals surface area contributed by atoms with Gasteiger partial charge < -0.3 is 5.11 Å². The quantitative estimate of drug-likeness (QED) is 0.305. The van der Waals surface area contributed by atoms with Gasteiger partial charge in [-0.15, -0.1) is 0 Å². The Morgan fingerprint density at radius 1 is 0.750 bits per heavy atom. The first-order chi connectivity index (χ1) is 11.2. The smallest absolute Gasteiger partial charge is 0.0431 e. The van der Waals surface area contributed by atoms with Gasteiger partial charge in [0.1, 0.15) is 0 Å². The fraction of sp³-hybridized carbons (Fsp3) is 0.913. The van der Waals surface area contributed by atoms with Crippen molar-refractivity contribution in [1.29, 1.82) is 0 Å². The molecule has 2 atom stereocenters. The predicted octanol–water partition coefficient (Wildman–Crippen LogP) is 6.84. The van der Waals surface area contributed by atoms with E-state index in [1.165, 1.54) is 32.1 Å². The van der Waals surface area contributed by atoms with E-state index in [4.69, 9.17) is 5.11 Å². The van der Waals surface area contributed by atoms with Crippen molar-refractivity contribution in [3.8, 4) is 11.8 Å². The summed E-state index contributed by atoms with van der Waals surface area (Å²) >= 11 is 0. The lowest BCUT2D eigenvalue weighted by molar-refractivity contribution is 0.259. The molecule has 0 bridgehead atoms. The Morgan fingerprint density at radius 2 is 1.17 bits per heavy atom. The van der Waals surface area contributed by atoms with Gasteiger partial charge in [-0.3, -0.25) is 0 Å². The third-order valence-electron chi connectivity index (χ3n) is 4.85. The van der Waals surface area contributed by atoms with E-state index in [0.717, 1.165) is 25.7 Å². The molecule has 0 aromatic rings. The van der Waals surface area contributed by atoms with Crippen molar-refractivity contribution in [3.63, 3.8) is 0 Å². The van der Waals surface area contributed by atoms with Gasteiger partial charge in [-0.1, -0.05) is 65.7 Å². The number of aliphatic hydroxyl groups is 1. The summed E-state index contributed by atoms with van der Waals surface area (Å²) in [6.45, 7) is 16.5. The molecular weight excluding hydrogens is 292 g/mol. The molecule has 1 nitrogen and oxygen atoms in total. The molecule has 0 radical (unpaired) electrons. The molecule has 0 aliphatic carbocycles. The zero-order valence-electron chi connectivity index (χ0n) is 17.7. The highest BCUT2D eigenvalue weighted by Gasteiger charge is 2.26. The Kier molecular flexibility index (Phi) is 11.7. The average molecular weight is 337 g/mol. The van der Waals surface area contributed by atoms with Crippen LogP contribution in [0.4, 0.5) is 0 Å². The Labute approximate surface area is 153 Å². The van der Waals surface area contributed by atoms with Crippen molar-refractivity contribution in [1.82, 2.24) is 0 Å². The summed E-state index contributed by atoms with van der Waals surface area (Å²) < 4.78 is 0. The van der Waals surface area contributed by atoms with Gasteiger partial charge in [-0.2, -0.15) is 0 Å². The first-order valence-electron chi connectivity index (χ1n) is 10.3. The highest BCUT2D eigenvalue weighted by molar-refractivity contribution is 5.17. The molecule has 0 spiro atoms. The second-order valence-electron chi connectivity index (χ2n) is 9.21. The van der Waals surface area contributed by atoms with Crippen molar-refractivity contribution < 1.29 is 5.11 Å². The van der Waals surface area contributed by atoms with Crippen molar-refractivity contribution in [2.24, 2.45) is 22.7 Å². The van der Waals surface area contributed by atoms with E-state index < -0.39 is 0 Å². The van der Waals surface area contributed by atoms with E-state index in [9.17, 15) is 0 Å². The molecule has 0 aliphatic heterocycles. The summed E-state index contributed by atoms with van der Waals surface area (Å²) in [6, 6.07) is 0. The largest absolute Gasteiger partial charge is 0.396 e. The number of hydrogen-bond acceptors (Lipinski definition) is 1. The number of aliphatic hydroxyl groups excluding tert-OH is 1. The van der Waals surface area contributed by atoms with Crippen LogP contribution in [-0.2, 0) is 0 Å². The molecule has 0 saturated carbocycles. The highest BCUT2D eigenvalue weighted by Crippen LogP contribution is 2.35. The molecule has 0 aliphatic rings. The Morgan fingerprint density at radius 3 is 1.50 bits per heavy atom. The minimum absolute atomic E-state index is 0.0896. The minimum Gasteiger partial charge on any atom is -0.396 e. The molecular formula is C23H44O. The Bertz CT molecular complexity index is 339. The lowest BCUT2D eigenvalue weighted by Crippen LogP contribution is -2.21. The van der Waals surface area contributed by atoms with Gasteiger partial charge in [0.25, 0.3) is 0 Å². The molecule has 24 heavy (non-hydrogen) atoms. The molecule has 0 amide bonds. The third-order valence-corrected chi connectivity index (χ3v) is 4.85. The van der Waals surface area contributed by atoms with Gasteiger partial charge >= 0.3 is 0 Å². The maximum absolute atomic E-state index is 9.09. The van der Waals surface area contributed by atoms with E-state index in [1.54, 1.807) is 0 Å². The Hall–Kier alpha value is -0.480. The maximum atomic E-state index is 9.09. The summed E-state index contributed by atoms with van der Waals surface area (Å²) in [5.41, 5.74) is 0.241. The van der Waals surface area contributed by atoms with Gasteiger partial charge in [0, 0.05) is 17.4 Å². The number of hydrogen-bond donors (Lipinski definition) is 1. The normalized spacial score (nSPS) is 16.6. The van der Waals surface area contributed by atoms with Crippen LogP contribution in [0.1, 0.15) is 106 Å². The summed E-state index contributed by atoms with van der Waals surface area (Å²) in [6.07, 6.45) is 10.5. The molecule has 0 fully saturated rings. The van der Waals surface area contributed by atoms with Crippen LogP contribution in [0.15, 0.2) is 0 Å². The average Bonchev–Trinajstić information content (AvgIpc) is 2.44. The lowest BCUT2D eigenvalue weighted by atomic mass is 9.74.